The summed E-state index contributed by atoms with van der Waals surface area (Å²) in [5, 5.41) is 0. The fourth-order valence-corrected chi connectivity index (χ4v) is 2.06. The molecule has 0 radical (unpaired) electrons. The molecule has 3 heteroatoms. The topological polar surface area (TPSA) is 51.2 Å². The lowest BCUT2D eigenvalue weighted by atomic mass is 9.70. The second-order valence-electron chi connectivity index (χ2n) is 5.15. The van der Waals surface area contributed by atoms with Crippen molar-refractivity contribution >= 4 is 17.3 Å². The maximum Gasteiger partial charge on any atom is 0.146 e. The lowest BCUT2D eigenvalue weighted by Gasteiger charge is -2.30. The Morgan fingerprint density at radius 1 is 1.25 bits per heavy atom. The second-order valence-corrected chi connectivity index (χ2v) is 5.15. The summed E-state index contributed by atoms with van der Waals surface area (Å²) in [6.45, 7) is 5.38. The van der Waals surface area contributed by atoms with Crippen molar-refractivity contribution < 1.29 is 14.4 Å². The maximum atomic E-state index is 11.8. The minimum atomic E-state index is -0.886. The van der Waals surface area contributed by atoms with E-state index in [9.17, 15) is 14.4 Å². The number of Topliss-reactive ketones (excluding diaryl/α,β-unsaturated/α-hetero) is 3. The number of ketones is 3. The van der Waals surface area contributed by atoms with E-state index >= 15 is 0 Å². The second kappa shape index (κ2) is 4.89. The number of hydrogen-bond acceptors (Lipinski definition) is 3. The van der Waals surface area contributed by atoms with Crippen LogP contribution in [0, 0.1) is 11.3 Å². The molecule has 0 aliphatic heterocycles. The van der Waals surface area contributed by atoms with Gasteiger partial charge in [0.25, 0.3) is 0 Å². The zero-order valence-electron chi connectivity index (χ0n) is 10.3. The molecular weight excluding hydrogens is 204 g/mol. The first-order valence-corrected chi connectivity index (χ1v) is 5.97. The summed E-state index contributed by atoms with van der Waals surface area (Å²) in [5.41, 5.74) is -0.886. The first-order valence-electron chi connectivity index (χ1n) is 5.97. The van der Waals surface area contributed by atoms with Crippen LogP contribution in [0.1, 0.15) is 52.9 Å². The lowest BCUT2D eigenvalue weighted by Crippen LogP contribution is -2.40. The molecule has 1 aliphatic carbocycles. The fraction of sp³-hybridized carbons (Fsp3) is 0.769. The molecule has 0 amide bonds. The van der Waals surface area contributed by atoms with Crippen molar-refractivity contribution in [1.82, 2.24) is 0 Å². The molecule has 0 atom stereocenters. The summed E-state index contributed by atoms with van der Waals surface area (Å²) in [5.74, 6) is 0.144. The average molecular weight is 224 g/mol. The van der Waals surface area contributed by atoms with Crippen molar-refractivity contribution in [3.8, 4) is 0 Å². The van der Waals surface area contributed by atoms with Gasteiger partial charge in [0, 0.05) is 25.2 Å². The van der Waals surface area contributed by atoms with Crippen molar-refractivity contribution in [2.45, 2.75) is 52.9 Å². The Hall–Kier alpha value is -0.990. The van der Waals surface area contributed by atoms with Crippen LogP contribution in [0.5, 0.6) is 0 Å². The van der Waals surface area contributed by atoms with E-state index in [0.29, 0.717) is 32.1 Å². The van der Waals surface area contributed by atoms with Crippen molar-refractivity contribution in [3.05, 3.63) is 0 Å². The van der Waals surface area contributed by atoms with E-state index in [-0.39, 0.29) is 23.3 Å². The molecular formula is C13H20O3. The van der Waals surface area contributed by atoms with Crippen molar-refractivity contribution in [2.75, 3.05) is 0 Å². The van der Waals surface area contributed by atoms with Gasteiger partial charge in [0.1, 0.15) is 17.3 Å². The van der Waals surface area contributed by atoms with Crippen molar-refractivity contribution in [1.29, 1.82) is 0 Å². The van der Waals surface area contributed by atoms with E-state index in [1.807, 2.05) is 13.8 Å². The third-order valence-electron chi connectivity index (χ3n) is 3.55. The molecule has 0 N–H and O–H groups in total. The Morgan fingerprint density at radius 2 is 1.75 bits per heavy atom. The van der Waals surface area contributed by atoms with Gasteiger partial charge in [-0.2, -0.15) is 0 Å². The predicted octanol–water partition coefficient (Wildman–Crippen LogP) is 2.32. The molecule has 0 unspecified atom stereocenters. The van der Waals surface area contributed by atoms with Crippen LogP contribution in [0.2, 0.25) is 0 Å². The fourth-order valence-electron chi connectivity index (χ4n) is 2.06. The van der Waals surface area contributed by atoms with Gasteiger partial charge < -0.3 is 0 Å². The average Bonchev–Trinajstić information content (AvgIpc) is 2.22. The minimum Gasteiger partial charge on any atom is -0.299 e. The smallest absolute Gasteiger partial charge is 0.146 e. The highest BCUT2D eigenvalue weighted by Gasteiger charge is 2.42. The van der Waals surface area contributed by atoms with Crippen molar-refractivity contribution in [3.63, 3.8) is 0 Å². The highest BCUT2D eigenvalue weighted by molar-refractivity contribution is 6.08. The molecule has 1 fully saturated rings. The van der Waals surface area contributed by atoms with Crippen LogP contribution in [-0.2, 0) is 14.4 Å². The van der Waals surface area contributed by atoms with Gasteiger partial charge >= 0.3 is 0 Å². The maximum absolute atomic E-state index is 11.8. The lowest BCUT2D eigenvalue weighted by molar-refractivity contribution is -0.143. The van der Waals surface area contributed by atoms with Crippen LogP contribution in [-0.4, -0.2) is 17.3 Å². The first-order chi connectivity index (χ1) is 7.38. The summed E-state index contributed by atoms with van der Waals surface area (Å²) >= 11 is 0. The third kappa shape index (κ3) is 2.57. The summed E-state index contributed by atoms with van der Waals surface area (Å²) in [4.78, 5) is 35.1. The molecule has 0 aromatic heterocycles. The summed E-state index contributed by atoms with van der Waals surface area (Å²) < 4.78 is 0. The van der Waals surface area contributed by atoms with E-state index in [0.717, 1.165) is 0 Å². The molecule has 90 valence electrons. The molecule has 1 aliphatic rings. The van der Waals surface area contributed by atoms with Crippen LogP contribution < -0.4 is 0 Å². The Bertz CT molecular complexity index is 299. The third-order valence-corrected chi connectivity index (χ3v) is 3.55. The molecule has 0 bridgehead atoms. The van der Waals surface area contributed by atoms with Gasteiger partial charge in [-0.1, -0.05) is 13.8 Å². The SMILES string of the molecule is CC(C)C(=O)CCC1(C)C(=O)CCCC1=O. The van der Waals surface area contributed by atoms with E-state index in [1.165, 1.54) is 0 Å². The van der Waals surface area contributed by atoms with Gasteiger partial charge in [-0.15, -0.1) is 0 Å². The summed E-state index contributed by atoms with van der Waals surface area (Å²) in [6, 6.07) is 0. The molecule has 1 saturated carbocycles. The molecule has 0 saturated heterocycles. The molecule has 0 spiro atoms. The van der Waals surface area contributed by atoms with Gasteiger partial charge in [-0.25, -0.2) is 0 Å². The van der Waals surface area contributed by atoms with E-state index in [2.05, 4.69) is 0 Å². The Labute approximate surface area is 96.6 Å². The van der Waals surface area contributed by atoms with Gasteiger partial charge in [-0.05, 0) is 19.8 Å². The summed E-state index contributed by atoms with van der Waals surface area (Å²) in [6.07, 6.45) is 2.37. The molecule has 16 heavy (non-hydrogen) atoms. The monoisotopic (exact) mass is 224 g/mol. The van der Waals surface area contributed by atoms with Gasteiger partial charge in [0.15, 0.2) is 0 Å². The first kappa shape index (κ1) is 13.1. The van der Waals surface area contributed by atoms with Crippen LogP contribution in [0.15, 0.2) is 0 Å². The van der Waals surface area contributed by atoms with Gasteiger partial charge in [0.05, 0.1) is 5.41 Å². The molecule has 0 heterocycles. The quantitative estimate of drug-likeness (QED) is 0.688. The van der Waals surface area contributed by atoms with Crippen LogP contribution in [0.4, 0.5) is 0 Å². The predicted molar refractivity (Wildman–Crippen MR) is 61.1 cm³/mol. The number of carbonyl (C=O) groups excluding carboxylic acids is 3. The molecule has 3 nitrogen and oxygen atoms in total. The standard InChI is InChI=1S/C13H20O3/c1-9(2)10(14)7-8-13(3)11(15)5-4-6-12(13)16/h9H,4-8H2,1-3H3. The van der Waals surface area contributed by atoms with Crippen LogP contribution in [0.3, 0.4) is 0 Å². The zero-order chi connectivity index (χ0) is 12.3. The zero-order valence-corrected chi connectivity index (χ0v) is 10.3. The van der Waals surface area contributed by atoms with Crippen molar-refractivity contribution in [2.24, 2.45) is 11.3 Å². The van der Waals surface area contributed by atoms with Crippen LogP contribution in [0.25, 0.3) is 0 Å². The Morgan fingerprint density at radius 3 is 2.19 bits per heavy atom. The Balaban J connectivity index is 2.65. The number of carbonyl (C=O) groups is 3. The normalized spacial score (nSPS) is 20.2. The molecule has 1 rings (SSSR count). The van der Waals surface area contributed by atoms with E-state index in [1.54, 1.807) is 6.92 Å². The molecule has 0 aromatic rings. The number of hydrogen-bond donors (Lipinski definition) is 0. The minimum absolute atomic E-state index is 0.0142. The van der Waals surface area contributed by atoms with E-state index < -0.39 is 5.41 Å². The highest BCUT2D eigenvalue weighted by Crippen LogP contribution is 2.34. The summed E-state index contributed by atoms with van der Waals surface area (Å²) in [7, 11) is 0. The highest BCUT2D eigenvalue weighted by atomic mass is 16.2. The number of rotatable bonds is 4. The molecule has 0 aromatic carbocycles. The van der Waals surface area contributed by atoms with E-state index in [4.69, 9.17) is 0 Å². The van der Waals surface area contributed by atoms with Gasteiger partial charge in [0.2, 0.25) is 0 Å². The Kier molecular flexibility index (Phi) is 4.00. The largest absolute Gasteiger partial charge is 0.299 e. The van der Waals surface area contributed by atoms with Crippen LogP contribution >= 0.6 is 0 Å². The van der Waals surface area contributed by atoms with Gasteiger partial charge in [-0.3, -0.25) is 14.4 Å².